The Kier molecular flexibility index (Phi) is 8.94. The standard InChI is InChI=1S/C18H24BrFN6.HI/c1-2-21-18(23-12-17-25-24-16-6-4-10-26(16)17)22-9-3-5-13-7-8-14(19)11-15(13)20;/h7-8,11H,2-6,9-10,12H2,1H3,(H2,21,22,23);1H. The van der Waals surface area contributed by atoms with E-state index in [4.69, 9.17) is 0 Å². The Balaban J connectivity index is 0.00000261. The number of hydrogen-bond acceptors (Lipinski definition) is 3. The minimum absolute atomic E-state index is 0. The van der Waals surface area contributed by atoms with Crippen molar-refractivity contribution in [2.75, 3.05) is 13.1 Å². The van der Waals surface area contributed by atoms with Gasteiger partial charge in [0.05, 0.1) is 0 Å². The number of rotatable bonds is 7. The van der Waals surface area contributed by atoms with E-state index >= 15 is 0 Å². The van der Waals surface area contributed by atoms with Gasteiger partial charge in [0.2, 0.25) is 0 Å². The molecule has 0 spiro atoms. The third kappa shape index (κ3) is 6.13. The number of halogens is 3. The van der Waals surface area contributed by atoms with Gasteiger partial charge in [0, 0.05) is 30.5 Å². The second-order valence-electron chi connectivity index (χ2n) is 6.25. The molecule has 0 aliphatic carbocycles. The molecule has 0 atom stereocenters. The van der Waals surface area contributed by atoms with Crippen LogP contribution >= 0.6 is 39.9 Å². The smallest absolute Gasteiger partial charge is 0.191 e. The molecule has 148 valence electrons. The lowest BCUT2D eigenvalue weighted by atomic mass is 10.1. The fraction of sp³-hybridized carbons (Fsp3) is 0.500. The number of guanidine groups is 1. The number of nitrogens with zero attached hydrogens (tertiary/aromatic N) is 4. The summed E-state index contributed by atoms with van der Waals surface area (Å²) < 4.78 is 16.8. The molecule has 2 aromatic rings. The highest BCUT2D eigenvalue weighted by atomic mass is 127. The van der Waals surface area contributed by atoms with Gasteiger partial charge in [0.15, 0.2) is 11.8 Å². The average molecular weight is 551 g/mol. The van der Waals surface area contributed by atoms with Gasteiger partial charge in [-0.1, -0.05) is 22.0 Å². The summed E-state index contributed by atoms with van der Waals surface area (Å²) in [5.74, 6) is 2.55. The number of fused-ring (bicyclic) bond motifs is 1. The Bertz CT molecular complexity index is 779. The van der Waals surface area contributed by atoms with Crippen molar-refractivity contribution in [3.8, 4) is 0 Å². The van der Waals surface area contributed by atoms with Crippen LogP contribution in [0.25, 0.3) is 0 Å². The van der Waals surface area contributed by atoms with Gasteiger partial charge in [0.1, 0.15) is 18.2 Å². The Hall–Kier alpha value is -1.23. The summed E-state index contributed by atoms with van der Waals surface area (Å²) >= 11 is 3.28. The Labute approximate surface area is 184 Å². The third-order valence-corrected chi connectivity index (χ3v) is 4.83. The van der Waals surface area contributed by atoms with E-state index in [1.807, 2.05) is 19.1 Å². The second-order valence-corrected chi connectivity index (χ2v) is 7.16. The molecule has 3 rings (SSSR count). The Morgan fingerprint density at radius 2 is 2.19 bits per heavy atom. The molecule has 1 aliphatic rings. The fourth-order valence-corrected chi connectivity index (χ4v) is 3.36. The molecule has 1 aliphatic heterocycles. The van der Waals surface area contributed by atoms with E-state index in [1.54, 1.807) is 0 Å². The molecular formula is C18H25BrFIN6. The molecule has 0 unspecified atom stereocenters. The summed E-state index contributed by atoms with van der Waals surface area (Å²) in [4.78, 5) is 4.60. The zero-order valence-corrected chi connectivity index (χ0v) is 19.3. The van der Waals surface area contributed by atoms with Crippen LogP contribution in [0.5, 0.6) is 0 Å². The van der Waals surface area contributed by atoms with Crippen molar-refractivity contribution in [3.05, 3.63) is 45.7 Å². The molecule has 27 heavy (non-hydrogen) atoms. The molecule has 0 saturated carbocycles. The largest absolute Gasteiger partial charge is 0.357 e. The zero-order chi connectivity index (χ0) is 18.4. The van der Waals surface area contributed by atoms with Crippen LogP contribution < -0.4 is 10.6 Å². The molecule has 1 aromatic heterocycles. The van der Waals surface area contributed by atoms with Crippen molar-refractivity contribution < 1.29 is 4.39 Å². The van der Waals surface area contributed by atoms with Crippen LogP contribution in [0.3, 0.4) is 0 Å². The van der Waals surface area contributed by atoms with E-state index in [0.29, 0.717) is 13.0 Å². The molecule has 9 heteroatoms. The van der Waals surface area contributed by atoms with Crippen LogP contribution in [-0.2, 0) is 25.9 Å². The molecular weight excluding hydrogens is 526 g/mol. The quantitative estimate of drug-likeness (QED) is 0.240. The highest BCUT2D eigenvalue weighted by Crippen LogP contribution is 2.16. The number of nitrogens with one attached hydrogen (secondary N) is 2. The lowest BCUT2D eigenvalue weighted by Crippen LogP contribution is -2.38. The SMILES string of the molecule is CCNC(=NCc1nnc2n1CCC2)NCCCc1ccc(Br)cc1F.I. The maximum atomic E-state index is 13.8. The minimum Gasteiger partial charge on any atom is -0.357 e. The van der Waals surface area contributed by atoms with Crippen molar-refractivity contribution in [3.63, 3.8) is 0 Å². The molecule has 6 nitrogen and oxygen atoms in total. The van der Waals surface area contributed by atoms with Gasteiger partial charge in [-0.3, -0.25) is 0 Å². The highest BCUT2D eigenvalue weighted by Gasteiger charge is 2.16. The summed E-state index contributed by atoms with van der Waals surface area (Å²) in [6.07, 6.45) is 3.64. The topological polar surface area (TPSA) is 67.1 Å². The number of hydrogen-bond donors (Lipinski definition) is 2. The van der Waals surface area contributed by atoms with Gasteiger partial charge in [-0.2, -0.15) is 0 Å². The van der Waals surface area contributed by atoms with E-state index < -0.39 is 0 Å². The molecule has 2 heterocycles. The van der Waals surface area contributed by atoms with Crippen LogP contribution in [-0.4, -0.2) is 33.8 Å². The van der Waals surface area contributed by atoms with Crippen molar-refractivity contribution in [1.82, 2.24) is 25.4 Å². The number of aliphatic imine (C=N–C) groups is 1. The van der Waals surface area contributed by atoms with Crippen LogP contribution in [0.2, 0.25) is 0 Å². The predicted molar refractivity (Wildman–Crippen MR) is 119 cm³/mol. The summed E-state index contributed by atoms with van der Waals surface area (Å²) in [5.41, 5.74) is 0.732. The maximum Gasteiger partial charge on any atom is 0.191 e. The van der Waals surface area contributed by atoms with Crippen molar-refractivity contribution in [2.45, 2.75) is 45.7 Å². The van der Waals surface area contributed by atoms with Crippen molar-refractivity contribution >= 4 is 45.9 Å². The predicted octanol–water partition coefficient (Wildman–Crippen LogP) is 3.43. The molecule has 0 saturated heterocycles. The maximum absolute atomic E-state index is 13.8. The number of benzene rings is 1. The van der Waals surface area contributed by atoms with Gasteiger partial charge >= 0.3 is 0 Å². The van der Waals surface area contributed by atoms with Gasteiger partial charge < -0.3 is 15.2 Å². The van der Waals surface area contributed by atoms with Gasteiger partial charge in [-0.05, 0) is 43.9 Å². The fourth-order valence-electron chi connectivity index (χ4n) is 3.03. The number of aryl methyl sites for hydroxylation is 2. The lowest BCUT2D eigenvalue weighted by molar-refractivity contribution is 0.601. The van der Waals surface area contributed by atoms with Crippen LogP contribution in [0, 0.1) is 5.82 Å². The second kappa shape index (κ2) is 10.9. The minimum atomic E-state index is -0.166. The number of aromatic nitrogens is 3. The highest BCUT2D eigenvalue weighted by molar-refractivity contribution is 14.0. The monoisotopic (exact) mass is 550 g/mol. The van der Waals surface area contributed by atoms with E-state index in [-0.39, 0.29) is 29.8 Å². The molecule has 2 N–H and O–H groups in total. The van der Waals surface area contributed by atoms with Crippen LogP contribution in [0.15, 0.2) is 27.7 Å². The summed E-state index contributed by atoms with van der Waals surface area (Å²) in [7, 11) is 0. The van der Waals surface area contributed by atoms with Crippen molar-refractivity contribution in [1.29, 1.82) is 0 Å². The average Bonchev–Trinajstić information content (AvgIpc) is 3.22. The first-order valence-corrected chi connectivity index (χ1v) is 9.83. The molecule has 0 fully saturated rings. The first kappa shape index (κ1) is 22.1. The van der Waals surface area contributed by atoms with E-state index in [0.717, 1.165) is 66.5 Å². The van der Waals surface area contributed by atoms with Crippen LogP contribution in [0.4, 0.5) is 4.39 Å². The Morgan fingerprint density at radius 1 is 1.33 bits per heavy atom. The van der Waals surface area contributed by atoms with Gasteiger partial charge in [-0.25, -0.2) is 9.38 Å². The van der Waals surface area contributed by atoms with Crippen LogP contribution in [0.1, 0.15) is 37.0 Å². The Morgan fingerprint density at radius 3 is 2.96 bits per heavy atom. The lowest BCUT2D eigenvalue weighted by Gasteiger charge is -2.11. The third-order valence-electron chi connectivity index (χ3n) is 4.34. The summed E-state index contributed by atoms with van der Waals surface area (Å²) in [6.45, 7) is 5.02. The normalized spacial score (nSPS) is 13.2. The van der Waals surface area contributed by atoms with E-state index in [2.05, 4.69) is 46.3 Å². The van der Waals surface area contributed by atoms with Crippen molar-refractivity contribution in [2.24, 2.45) is 4.99 Å². The first-order chi connectivity index (χ1) is 12.7. The zero-order valence-electron chi connectivity index (χ0n) is 15.3. The van der Waals surface area contributed by atoms with Gasteiger partial charge in [0.25, 0.3) is 0 Å². The molecule has 0 bridgehead atoms. The summed E-state index contributed by atoms with van der Waals surface area (Å²) in [5, 5.41) is 15.0. The van der Waals surface area contributed by atoms with Gasteiger partial charge in [-0.15, -0.1) is 34.2 Å². The molecule has 0 amide bonds. The van der Waals surface area contributed by atoms with E-state index in [9.17, 15) is 4.39 Å². The molecule has 0 radical (unpaired) electrons. The summed E-state index contributed by atoms with van der Waals surface area (Å²) in [6, 6.07) is 5.20. The first-order valence-electron chi connectivity index (χ1n) is 9.04. The van der Waals surface area contributed by atoms with E-state index in [1.165, 1.54) is 6.07 Å². The molecule has 1 aromatic carbocycles.